The molecule has 0 bridgehead atoms. The van der Waals surface area contributed by atoms with Gasteiger partial charge in [-0.2, -0.15) is 0 Å². The molecule has 97 heavy (non-hydrogen) atoms. The standard InChI is InChI=1S/3C5H10N2O.C4H8N2O.2C4H7NO2.2C4H7NOS.C3H5NO2.C3H5NOS.13C2H6/c1-5-6-7(2)3-4-8-5;2*1-5-6-8-4-3-7(5)2;1-4-5-7-3-6(4)2;2*1-4-5-7-3-2-6-4;2*1-4-5-6-2-3-7-4;1-3-4-6-2-5-3;1-3-4-5-2-6-3;13*1-2/h3*3-4H2,1-2H3;3H2,1-2H3;4*2-3H2,1H3;2*2H2,1H3;13*1-2H3. The maximum absolute atomic E-state index is 5.06. The molecule has 10 heterocycles. The summed E-state index contributed by atoms with van der Waals surface area (Å²) >= 11 is 5.11. The quantitative estimate of drug-likeness (QED) is 0.218. The first-order chi connectivity index (χ1) is 47.1. The number of nitrogens with zero attached hydrogens (tertiary/aromatic N) is 14. The second-order valence-corrected chi connectivity index (χ2v) is 18.1. The molecule has 0 spiro atoms. The van der Waals surface area contributed by atoms with Crippen LogP contribution in [0.1, 0.15) is 249 Å². The van der Waals surface area contributed by atoms with Crippen molar-refractivity contribution in [2.45, 2.75) is 249 Å². The number of likely N-dealkylation sites (N-methyl/N-ethyl adjacent to an activating group) is 3. The molecule has 0 N–H and O–H groups in total. The number of oxime groups is 9. The van der Waals surface area contributed by atoms with Crippen molar-refractivity contribution >= 4 is 91.5 Å². The van der Waals surface area contributed by atoms with Gasteiger partial charge in [0.2, 0.25) is 23.6 Å². The molecule has 0 aromatic carbocycles. The Morgan fingerprint density at radius 2 is 0.577 bits per heavy atom. The van der Waals surface area contributed by atoms with Crippen molar-refractivity contribution in [1.29, 1.82) is 0 Å². The Hall–Kier alpha value is -5.65. The van der Waals surface area contributed by atoms with Crippen molar-refractivity contribution in [1.82, 2.24) is 19.7 Å². The maximum atomic E-state index is 5.06. The van der Waals surface area contributed by atoms with Gasteiger partial charge in [-0.1, -0.05) is 233 Å². The molecule has 0 unspecified atom stereocenters. The lowest BCUT2D eigenvalue weighted by Crippen LogP contribution is -2.31. The van der Waals surface area contributed by atoms with E-state index in [1.54, 1.807) is 56.1 Å². The Balaban J connectivity index is -0.0000000708. The number of rotatable bonds is 0. The summed E-state index contributed by atoms with van der Waals surface area (Å²) < 4.78 is 19.5. The lowest BCUT2D eigenvalue weighted by Gasteiger charge is -2.20. The average Bonchev–Trinajstić information content (AvgIpc) is 3.98. The zero-order valence-corrected chi connectivity index (χ0v) is 72.3. The predicted molar refractivity (Wildman–Crippen MR) is 429 cm³/mol. The molecule has 0 amide bonds. The van der Waals surface area contributed by atoms with Gasteiger partial charge in [-0.3, -0.25) is 5.01 Å². The monoisotopic (exact) mass is 1460 g/mol. The fourth-order valence-corrected chi connectivity index (χ4v) is 5.68. The van der Waals surface area contributed by atoms with E-state index in [9.17, 15) is 0 Å². The van der Waals surface area contributed by atoms with Crippen LogP contribution in [-0.4, -0.2) is 214 Å². The number of hydrogen-bond donors (Lipinski definition) is 0. The van der Waals surface area contributed by atoms with Crippen molar-refractivity contribution in [3.05, 3.63) is 0 Å². The van der Waals surface area contributed by atoms with Gasteiger partial charge in [-0.25, -0.2) is 0 Å². The number of hydrogen-bond acceptors (Lipinski definition) is 30. The largest absolute Gasteiger partial charge is 0.478 e. The van der Waals surface area contributed by atoms with Gasteiger partial charge >= 0.3 is 0 Å². The molecule has 0 fully saturated rings. The number of hydrazone groups is 1. The Morgan fingerprint density at radius 1 is 0.268 bits per heavy atom. The first kappa shape index (κ1) is 121. The Labute approximate surface area is 609 Å². The minimum atomic E-state index is 0.284. The van der Waals surface area contributed by atoms with E-state index in [4.69, 9.17) is 33.6 Å². The normalized spacial score (nSPS) is 15.2. The van der Waals surface area contributed by atoms with Gasteiger partial charge in [0.15, 0.2) is 25.9 Å². The molecule has 0 aromatic heterocycles. The second-order valence-electron chi connectivity index (χ2n) is 14.4. The van der Waals surface area contributed by atoms with E-state index < -0.39 is 0 Å². The molecule has 588 valence electrons. The predicted octanol–water partition coefficient (Wildman–Crippen LogP) is 18.7. The molecule has 10 rings (SSSR count). The minimum Gasteiger partial charge on any atom is -0.478 e. The van der Waals surface area contributed by atoms with Crippen LogP contribution in [0.5, 0.6) is 0 Å². The van der Waals surface area contributed by atoms with Gasteiger partial charge in [-0.15, -0.1) is 28.6 Å². The zero-order chi connectivity index (χ0) is 78.5. The van der Waals surface area contributed by atoms with Crippen LogP contribution in [0.15, 0.2) is 51.5 Å². The van der Waals surface area contributed by atoms with Crippen LogP contribution < -0.4 is 0 Å². The number of thioether (sulfide) groups is 3. The van der Waals surface area contributed by atoms with Crippen LogP contribution in [0.2, 0.25) is 0 Å². The van der Waals surface area contributed by atoms with Crippen LogP contribution in [0, 0.1) is 0 Å². The van der Waals surface area contributed by atoms with Crippen LogP contribution >= 0.6 is 35.3 Å². The molecule has 0 saturated heterocycles. The Morgan fingerprint density at radius 3 is 0.711 bits per heavy atom. The highest BCUT2D eigenvalue weighted by atomic mass is 32.2. The lowest BCUT2D eigenvalue weighted by molar-refractivity contribution is 0.0580. The van der Waals surface area contributed by atoms with Crippen molar-refractivity contribution in [3.8, 4) is 0 Å². The highest BCUT2D eigenvalue weighted by Gasteiger charge is 2.08. The third kappa shape index (κ3) is 104. The van der Waals surface area contributed by atoms with E-state index in [-0.39, 0.29) is 6.79 Å². The van der Waals surface area contributed by atoms with Gasteiger partial charge < -0.3 is 77.2 Å². The van der Waals surface area contributed by atoms with E-state index in [1.165, 1.54) is 0 Å². The molecule has 10 aliphatic rings. The molecular weight excluding hydrogens is 1310 g/mol. The van der Waals surface area contributed by atoms with Crippen molar-refractivity contribution in [2.24, 2.45) is 51.5 Å². The summed E-state index contributed by atoms with van der Waals surface area (Å²) in [4.78, 5) is 48.1. The first-order valence-corrected chi connectivity index (χ1v) is 38.3. The molecule has 0 saturated carbocycles. The summed E-state index contributed by atoms with van der Waals surface area (Å²) in [6.07, 6.45) is 0. The van der Waals surface area contributed by atoms with Crippen LogP contribution in [0.25, 0.3) is 0 Å². The molecular formula is C67H154N14O13S3. The van der Waals surface area contributed by atoms with E-state index >= 15 is 0 Å². The summed E-state index contributed by atoms with van der Waals surface area (Å²) in [6, 6.07) is 0. The fraction of sp³-hybridized carbons (Fsp3) is 0.851. The summed E-state index contributed by atoms with van der Waals surface area (Å²) in [7, 11) is 7.88. The average molecular weight is 1460 g/mol. The SMILES string of the molecule is CC.CC.CC.CC.CC.CC.CC.CC.CC.CC.CC.CC.CC.CC1=NN(C)CCO1.CC1=NOCCN1C.CC1=NOCCN1C.CC1=NOCCO1.CC1=NOCCO1.CC1=NOCCS1.CC1=NOCCS1.CC1=NOCN1C.CC1=NOCO1.CC1=NOCS1. The molecule has 0 radical (unpaired) electrons. The highest BCUT2D eigenvalue weighted by Crippen LogP contribution is 2.11. The summed E-state index contributed by atoms with van der Waals surface area (Å²) in [6.45, 7) is 80.6. The molecule has 0 atom stereocenters. The van der Waals surface area contributed by atoms with E-state index in [0.29, 0.717) is 70.0 Å². The van der Waals surface area contributed by atoms with E-state index in [2.05, 4.69) is 90.2 Å². The first-order valence-electron chi connectivity index (χ1n) is 35.4. The van der Waals surface area contributed by atoms with Crippen LogP contribution in [-0.2, 0) is 62.5 Å². The Kier molecular flexibility index (Phi) is 143. The van der Waals surface area contributed by atoms with E-state index in [0.717, 1.165) is 89.5 Å². The fourth-order valence-electron chi connectivity index (χ4n) is 4.18. The summed E-state index contributed by atoms with van der Waals surface area (Å²) in [5, 5.41) is 41.7. The maximum Gasteiger partial charge on any atom is 0.257 e. The molecule has 27 nitrogen and oxygen atoms in total. The third-order valence-corrected chi connectivity index (χ3v) is 10.8. The van der Waals surface area contributed by atoms with Gasteiger partial charge in [0.25, 0.3) is 6.79 Å². The van der Waals surface area contributed by atoms with Gasteiger partial charge in [0.1, 0.15) is 78.9 Å². The number of amidine groups is 3. The Bertz CT molecular complexity index is 1660. The molecule has 0 aliphatic carbocycles. The van der Waals surface area contributed by atoms with Crippen molar-refractivity contribution < 1.29 is 62.5 Å². The summed E-state index contributed by atoms with van der Waals surface area (Å²) in [5.74, 6) is 8.26. The topological polar surface area (TPSA) is 257 Å². The van der Waals surface area contributed by atoms with Gasteiger partial charge in [0, 0.05) is 67.4 Å². The second kappa shape index (κ2) is 115. The molecule has 0 aromatic rings. The molecule has 10 aliphatic heterocycles. The van der Waals surface area contributed by atoms with Gasteiger partial charge in [0.05, 0.1) is 19.6 Å². The van der Waals surface area contributed by atoms with Crippen molar-refractivity contribution in [3.63, 3.8) is 0 Å². The van der Waals surface area contributed by atoms with Crippen LogP contribution in [0.3, 0.4) is 0 Å². The highest BCUT2D eigenvalue weighted by molar-refractivity contribution is 8.14. The minimum absolute atomic E-state index is 0.284. The third-order valence-electron chi connectivity index (χ3n) is 8.31. The van der Waals surface area contributed by atoms with Crippen LogP contribution in [0.4, 0.5) is 0 Å². The smallest absolute Gasteiger partial charge is 0.257 e. The van der Waals surface area contributed by atoms with E-state index in [1.807, 2.05) is 267 Å². The van der Waals surface area contributed by atoms with Crippen molar-refractivity contribution in [2.75, 3.05) is 138 Å². The summed E-state index contributed by atoms with van der Waals surface area (Å²) in [5.41, 5.74) is 0. The number of ether oxygens (including phenoxy) is 4. The van der Waals surface area contributed by atoms with Gasteiger partial charge in [-0.05, 0) is 46.7 Å². The molecule has 30 heteroatoms. The zero-order valence-electron chi connectivity index (χ0n) is 69.8. The lowest BCUT2D eigenvalue weighted by atomic mass is 10.5.